The standard InChI is InChI=1S/C16H22N4O/c1-4-8-14-18-15(20-17)11(2)16(19-14)21-12(3)13-9-6-5-7-10-13/h5-7,9-10,12H,4,8,17H2,1-3H3,(H,18,19,20). The summed E-state index contributed by atoms with van der Waals surface area (Å²) in [5.41, 5.74) is 4.54. The highest BCUT2D eigenvalue weighted by molar-refractivity contribution is 5.47. The van der Waals surface area contributed by atoms with E-state index < -0.39 is 0 Å². The van der Waals surface area contributed by atoms with Gasteiger partial charge in [-0.1, -0.05) is 37.3 Å². The van der Waals surface area contributed by atoms with Crippen LogP contribution in [0.5, 0.6) is 5.88 Å². The molecule has 0 amide bonds. The molecule has 1 unspecified atom stereocenters. The van der Waals surface area contributed by atoms with E-state index in [0.717, 1.165) is 29.8 Å². The van der Waals surface area contributed by atoms with Crippen LogP contribution in [0.3, 0.4) is 0 Å². The summed E-state index contributed by atoms with van der Waals surface area (Å²) < 4.78 is 6.01. The van der Waals surface area contributed by atoms with Crippen LogP contribution < -0.4 is 16.0 Å². The van der Waals surface area contributed by atoms with Gasteiger partial charge in [-0.05, 0) is 25.8 Å². The summed E-state index contributed by atoms with van der Waals surface area (Å²) >= 11 is 0. The highest BCUT2D eigenvalue weighted by Gasteiger charge is 2.15. The normalized spacial score (nSPS) is 12.0. The first kappa shape index (κ1) is 15.3. The quantitative estimate of drug-likeness (QED) is 0.630. The maximum absolute atomic E-state index is 6.01. The summed E-state index contributed by atoms with van der Waals surface area (Å²) in [7, 11) is 0. The Labute approximate surface area is 125 Å². The van der Waals surface area contributed by atoms with E-state index in [2.05, 4.69) is 22.3 Å². The van der Waals surface area contributed by atoms with Crippen molar-refractivity contribution in [1.29, 1.82) is 0 Å². The lowest BCUT2D eigenvalue weighted by Crippen LogP contribution is -2.14. The summed E-state index contributed by atoms with van der Waals surface area (Å²) in [4.78, 5) is 8.90. The van der Waals surface area contributed by atoms with Gasteiger partial charge in [0.15, 0.2) is 0 Å². The molecular formula is C16H22N4O. The molecule has 0 fully saturated rings. The minimum Gasteiger partial charge on any atom is -0.469 e. The first-order chi connectivity index (χ1) is 10.2. The maximum Gasteiger partial charge on any atom is 0.222 e. The Balaban J connectivity index is 2.28. The van der Waals surface area contributed by atoms with Crippen LogP contribution in [0.25, 0.3) is 0 Å². The molecule has 0 bridgehead atoms. The van der Waals surface area contributed by atoms with E-state index in [1.165, 1.54) is 0 Å². The summed E-state index contributed by atoms with van der Waals surface area (Å²) in [6.45, 7) is 6.00. The number of aryl methyl sites for hydroxylation is 1. The average Bonchev–Trinajstić information content (AvgIpc) is 2.51. The van der Waals surface area contributed by atoms with Gasteiger partial charge in [0.2, 0.25) is 5.88 Å². The van der Waals surface area contributed by atoms with Crippen molar-refractivity contribution in [2.75, 3.05) is 5.43 Å². The number of ether oxygens (including phenoxy) is 1. The van der Waals surface area contributed by atoms with Crippen LogP contribution in [0.2, 0.25) is 0 Å². The van der Waals surface area contributed by atoms with E-state index in [-0.39, 0.29) is 6.10 Å². The molecule has 0 aliphatic rings. The fraction of sp³-hybridized carbons (Fsp3) is 0.375. The second-order valence-electron chi connectivity index (χ2n) is 4.98. The first-order valence-electron chi connectivity index (χ1n) is 7.21. The zero-order valence-corrected chi connectivity index (χ0v) is 12.8. The number of nitrogens with two attached hydrogens (primary N) is 1. The number of nitrogen functional groups attached to an aromatic ring is 1. The molecule has 0 saturated heterocycles. The van der Waals surface area contributed by atoms with E-state index in [4.69, 9.17) is 10.6 Å². The molecule has 2 aromatic rings. The lowest BCUT2D eigenvalue weighted by Gasteiger charge is -2.17. The minimum absolute atomic E-state index is 0.0834. The van der Waals surface area contributed by atoms with Crippen molar-refractivity contribution in [3.63, 3.8) is 0 Å². The zero-order valence-electron chi connectivity index (χ0n) is 12.8. The number of anilines is 1. The number of benzene rings is 1. The van der Waals surface area contributed by atoms with E-state index in [0.29, 0.717) is 11.7 Å². The summed E-state index contributed by atoms with van der Waals surface area (Å²) in [5, 5.41) is 0. The molecular weight excluding hydrogens is 264 g/mol. The Hall–Kier alpha value is -2.14. The van der Waals surface area contributed by atoms with E-state index >= 15 is 0 Å². The largest absolute Gasteiger partial charge is 0.469 e. The Morgan fingerprint density at radius 2 is 1.95 bits per heavy atom. The van der Waals surface area contributed by atoms with Crippen molar-refractivity contribution in [3.05, 3.63) is 47.3 Å². The lowest BCUT2D eigenvalue weighted by atomic mass is 10.1. The molecule has 1 heterocycles. The Kier molecular flexibility index (Phi) is 5.11. The van der Waals surface area contributed by atoms with E-state index in [1.54, 1.807) is 0 Å². The molecule has 0 aliphatic heterocycles. The molecule has 1 aromatic carbocycles. The smallest absolute Gasteiger partial charge is 0.222 e. The second kappa shape index (κ2) is 7.04. The van der Waals surface area contributed by atoms with Crippen molar-refractivity contribution >= 4 is 5.82 Å². The van der Waals surface area contributed by atoms with Gasteiger partial charge in [-0.3, -0.25) is 0 Å². The molecule has 0 saturated carbocycles. The predicted molar refractivity (Wildman–Crippen MR) is 84.1 cm³/mol. The van der Waals surface area contributed by atoms with Gasteiger partial charge in [0.25, 0.3) is 0 Å². The number of nitrogens with one attached hydrogen (secondary N) is 1. The van der Waals surface area contributed by atoms with Gasteiger partial charge < -0.3 is 10.2 Å². The highest BCUT2D eigenvalue weighted by Crippen LogP contribution is 2.26. The van der Waals surface area contributed by atoms with Crippen molar-refractivity contribution in [2.45, 2.75) is 39.7 Å². The molecule has 0 aliphatic carbocycles. The van der Waals surface area contributed by atoms with Crippen molar-refractivity contribution in [1.82, 2.24) is 9.97 Å². The van der Waals surface area contributed by atoms with Gasteiger partial charge in [0, 0.05) is 6.42 Å². The maximum atomic E-state index is 6.01. The molecule has 3 N–H and O–H groups in total. The van der Waals surface area contributed by atoms with Crippen LogP contribution in [-0.4, -0.2) is 9.97 Å². The molecule has 5 nitrogen and oxygen atoms in total. The molecule has 1 aromatic heterocycles. The van der Waals surface area contributed by atoms with Crippen LogP contribution in [0.15, 0.2) is 30.3 Å². The van der Waals surface area contributed by atoms with Crippen molar-refractivity contribution in [2.24, 2.45) is 5.84 Å². The van der Waals surface area contributed by atoms with Crippen LogP contribution >= 0.6 is 0 Å². The third-order valence-corrected chi connectivity index (χ3v) is 3.32. The summed E-state index contributed by atoms with van der Waals surface area (Å²) in [5.74, 6) is 7.47. The third-order valence-electron chi connectivity index (χ3n) is 3.32. The molecule has 2 rings (SSSR count). The fourth-order valence-electron chi connectivity index (χ4n) is 2.09. The van der Waals surface area contributed by atoms with Gasteiger partial charge in [-0.2, -0.15) is 4.98 Å². The predicted octanol–water partition coefficient (Wildman–Crippen LogP) is 3.16. The fourth-order valence-corrected chi connectivity index (χ4v) is 2.09. The molecule has 0 spiro atoms. The molecule has 0 radical (unpaired) electrons. The van der Waals surface area contributed by atoms with E-state index in [1.807, 2.05) is 44.2 Å². The van der Waals surface area contributed by atoms with Crippen LogP contribution in [0.4, 0.5) is 5.82 Å². The van der Waals surface area contributed by atoms with Gasteiger partial charge in [-0.25, -0.2) is 10.8 Å². The second-order valence-corrected chi connectivity index (χ2v) is 4.98. The first-order valence-corrected chi connectivity index (χ1v) is 7.21. The van der Waals surface area contributed by atoms with Crippen molar-refractivity contribution < 1.29 is 4.74 Å². The Bertz CT molecular complexity index is 586. The number of hydrazine groups is 1. The number of aromatic nitrogens is 2. The SMILES string of the molecule is CCCc1nc(NN)c(C)c(OC(C)c2ccccc2)n1. The zero-order chi connectivity index (χ0) is 15.2. The van der Waals surface area contributed by atoms with Gasteiger partial charge >= 0.3 is 0 Å². The van der Waals surface area contributed by atoms with Crippen LogP contribution in [0, 0.1) is 6.92 Å². The highest BCUT2D eigenvalue weighted by atomic mass is 16.5. The number of hydrogen-bond donors (Lipinski definition) is 2. The van der Waals surface area contributed by atoms with Gasteiger partial charge in [-0.15, -0.1) is 0 Å². The molecule has 112 valence electrons. The monoisotopic (exact) mass is 286 g/mol. The van der Waals surface area contributed by atoms with Crippen LogP contribution in [0.1, 0.15) is 43.3 Å². The number of nitrogens with zero attached hydrogens (tertiary/aromatic N) is 2. The van der Waals surface area contributed by atoms with Crippen LogP contribution in [-0.2, 0) is 6.42 Å². The van der Waals surface area contributed by atoms with Crippen molar-refractivity contribution in [3.8, 4) is 5.88 Å². The molecule has 21 heavy (non-hydrogen) atoms. The lowest BCUT2D eigenvalue weighted by molar-refractivity contribution is 0.215. The Morgan fingerprint density at radius 3 is 2.57 bits per heavy atom. The number of rotatable bonds is 6. The molecule has 1 atom stereocenters. The third kappa shape index (κ3) is 3.70. The minimum atomic E-state index is -0.0834. The molecule has 5 heteroatoms. The van der Waals surface area contributed by atoms with Gasteiger partial charge in [0.1, 0.15) is 17.7 Å². The van der Waals surface area contributed by atoms with E-state index in [9.17, 15) is 0 Å². The summed E-state index contributed by atoms with van der Waals surface area (Å²) in [6, 6.07) is 10.1. The Morgan fingerprint density at radius 1 is 1.24 bits per heavy atom. The average molecular weight is 286 g/mol. The summed E-state index contributed by atoms with van der Waals surface area (Å²) in [6.07, 6.45) is 1.69. The number of hydrogen-bond acceptors (Lipinski definition) is 5. The topological polar surface area (TPSA) is 73.1 Å². The van der Waals surface area contributed by atoms with Gasteiger partial charge in [0.05, 0.1) is 5.56 Å².